The highest BCUT2D eigenvalue weighted by Crippen LogP contribution is 2.49. The normalized spacial score (nSPS) is 11.5. The Balaban J connectivity index is 1.07. The molecule has 2 heterocycles. The zero-order valence-electron chi connectivity index (χ0n) is 34.3. The van der Waals surface area contributed by atoms with Crippen LogP contribution in [-0.4, -0.2) is 0 Å². The van der Waals surface area contributed by atoms with Gasteiger partial charge in [0.2, 0.25) is 0 Å². The molecule has 0 amide bonds. The first-order valence-electron chi connectivity index (χ1n) is 21.4. The van der Waals surface area contributed by atoms with Crippen LogP contribution in [0.4, 0.5) is 17.1 Å². The molecule has 0 bridgehead atoms. The summed E-state index contributed by atoms with van der Waals surface area (Å²) in [6.45, 7) is 0. The Morgan fingerprint density at radius 2 is 0.778 bits per heavy atom. The third-order valence-corrected chi connectivity index (χ3v) is 13.6. The van der Waals surface area contributed by atoms with Crippen LogP contribution in [0.3, 0.4) is 0 Å². The molecule has 12 aromatic rings. The standard InChI is InChI=1S/C60H39NOS/c1-2-18-40(19-3-1)43-20-4-5-21-45(43)46-22-6-7-23-47(46)48-24-8-12-32-55(48)61(42-38-36-41(37-39-42)44-28-16-31-54-51-27-11-15-35-58(51)63-60(44)54)56-33-13-9-25-49(56)52-29-17-30-53-50-26-10-14-34-57(50)62-59(52)53/h1-39H. The average Bonchev–Trinajstić information content (AvgIpc) is 3.94. The van der Waals surface area contributed by atoms with Crippen molar-refractivity contribution in [3.05, 3.63) is 237 Å². The summed E-state index contributed by atoms with van der Waals surface area (Å²) in [5.41, 5.74) is 16.6. The molecule has 2 nitrogen and oxygen atoms in total. The Hall–Kier alpha value is -7.98. The fourth-order valence-electron chi connectivity index (χ4n) is 9.46. The third kappa shape index (κ3) is 6.33. The van der Waals surface area contributed by atoms with Gasteiger partial charge >= 0.3 is 0 Å². The van der Waals surface area contributed by atoms with Crippen LogP contribution >= 0.6 is 11.3 Å². The molecule has 0 saturated carbocycles. The Morgan fingerprint density at radius 3 is 1.51 bits per heavy atom. The second-order valence-electron chi connectivity index (χ2n) is 15.9. The molecule has 0 atom stereocenters. The van der Waals surface area contributed by atoms with Gasteiger partial charge in [0.05, 0.1) is 11.4 Å². The van der Waals surface area contributed by atoms with Crippen LogP contribution in [0, 0.1) is 0 Å². The molecule has 0 radical (unpaired) electrons. The summed E-state index contributed by atoms with van der Waals surface area (Å²) in [6.07, 6.45) is 0. The highest BCUT2D eigenvalue weighted by molar-refractivity contribution is 7.26. The number of hydrogen-bond acceptors (Lipinski definition) is 3. The highest BCUT2D eigenvalue weighted by Gasteiger charge is 2.24. The van der Waals surface area contributed by atoms with Gasteiger partial charge in [-0.2, -0.15) is 0 Å². The van der Waals surface area contributed by atoms with Gasteiger partial charge in [0.25, 0.3) is 0 Å². The zero-order chi connectivity index (χ0) is 41.7. The lowest BCUT2D eigenvalue weighted by atomic mass is 9.88. The molecule has 3 heteroatoms. The smallest absolute Gasteiger partial charge is 0.143 e. The number of thiophene rings is 1. The monoisotopic (exact) mass is 821 g/mol. The first-order valence-corrected chi connectivity index (χ1v) is 22.2. The van der Waals surface area contributed by atoms with E-state index >= 15 is 0 Å². The van der Waals surface area contributed by atoms with Crippen LogP contribution in [0.1, 0.15) is 0 Å². The first-order chi connectivity index (χ1) is 31.3. The third-order valence-electron chi connectivity index (χ3n) is 12.3. The van der Waals surface area contributed by atoms with Crippen molar-refractivity contribution in [2.24, 2.45) is 0 Å². The fraction of sp³-hybridized carbons (Fsp3) is 0. The number of hydrogen-bond donors (Lipinski definition) is 0. The first kappa shape index (κ1) is 36.8. The molecule has 0 aliphatic rings. The van der Waals surface area contributed by atoms with E-state index in [1.165, 1.54) is 53.6 Å². The quantitative estimate of drug-likeness (QED) is 0.152. The van der Waals surface area contributed by atoms with Crippen LogP contribution < -0.4 is 4.90 Å². The lowest BCUT2D eigenvalue weighted by Crippen LogP contribution is -2.12. The number of para-hydroxylation sites is 4. The molecule has 296 valence electrons. The van der Waals surface area contributed by atoms with Gasteiger partial charge in [-0.3, -0.25) is 0 Å². The van der Waals surface area contributed by atoms with Crippen molar-refractivity contribution in [3.63, 3.8) is 0 Å². The minimum Gasteiger partial charge on any atom is -0.455 e. The zero-order valence-corrected chi connectivity index (χ0v) is 35.1. The van der Waals surface area contributed by atoms with E-state index in [4.69, 9.17) is 4.42 Å². The van der Waals surface area contributed by atoms with Crippen molar-refractivity contribution in [2.45, 2.75) is 0 Å². The Morgan fingerprint density at radius 1 is 0.302 bits per heavy atom. The van der Waals surface area contributed by atoms with Crippen LogP contribution in [0.5, 0.6) is 0 Å². The van der Waals surface area contributed by atoms with Gasteiger partial charge in [-0.15, -0.1) is 11.3 Å². The maximum Gasteiger partial charge on any atom is 0.143 e. The van der Waals surface area contributed by atoms with Crippen molar-refractivity contribution in [2.75, 3.05) is 4.90 Å². The highest BCUT2D eigenvalue weighted by atomic mass is 32.1. The van der Waals surface area contributed by atoms with Gasteiger partial charge in [-0.25, -0.2) is 0 Å². The van der Waals surface area contributed by atoms with Crippen LogP contribution in [0.2, 0.25) is 0 Å². The van der Waals surface area contributed by atoms with Crippen LogP contribution in [0.15, 0.2) is 241 Å². The number of benzene rings is 10. The molecule has 63 heavy (non-hydrogen) atoms. The van der Waals surface area contributed by atoms with Gasteiger partial charge in [0, 0.05) is 53.3 Å². The van der Waals surface area contributed by atoms with E-state index in [1.807, 2.05) is 17.4 Å². The molecule has 0 saturated heterocycles. The fourth-order valence-corrected chi connectivity index (χ4v) is 10.7. The predicted octanol–water partition coefficient (Wildman–Crippen LogP) is 17.8. The summed E-state index contributed by atoms with van der Waals surface area (Å²) in [5.74, 6) is 0. The Labute approximate surface area is 370 Å². The number of nitrogens with zero attached hydrogens (tertiary/aromatic N) is 1. The van der Waals surface area contributed by atoms with Crippen molar-refractivity contribution in [1.29, 1.82) is 0 Å². The molecule has 2 aromatic heterocycles. The van der Waals surface area contributed by atoms with E-state index in [2.05, 4.69) is 235 Å². The van der Waals surface area contributed by atoms with E-state index in [9.17, 15) is 0 Å². The topological polar surface area (TPSA) is 16.4 Å². The number of rotatable bonds is 8. The summed E-state index contributed by atoms with van der Waals surface area (Å²) < 4.78 is 9.31. The molecule has 0 unspecified atom stereocenters. The molecule has 0 aliphatic heterocycles. The SMILES string of the molecule is c1ccc(-c2ccccc2-c2ccccc2-c2ccccc2N(c2ccc(-c3cccc4c3sc3ccccc34)cc2)c2ccccc2-c2cccc3c2oc2ccccc23)cc1. The average molecular weight is 822 g/mol. The Bertz CT molecular complexity index is 3630. The predicted molar refractivity (Wildman–Crippen MR) is 268 cm³/mol. The lowest BCUT2D eigenvalue weighted by molar-refractivity contribution is 0.670. The van der Waals surface area contributed by atoms with E-state index < -0.39 is 0 Å². The molecular formula is C60H39NOS. The van der Waals surface area contributed by atoms with Crippen molar-refractivity contribution in [3.8, 4) is 55.6 Å². The van der Waals surface area contributed by atoms with Crippen molar-refractivity contribution in [1.82, 2.24) is 0 Å². The maximum atomic E-state index is 6.69. The summed E-state index contributed by atoms with van der Waals surface area (Å²) >= 11 is 1.87. The molecule has 0 N–H and O–H groups in total. The molecule has 10 aromatic carbocycles. The second kappa shape index (κ2) is 15.5. The number of fused-ring (bicyclic) bond motifs is 6. The molecule has 0 aliphatic carbocycles. The minimum absolute atomic E-state index is 0.883. The van der Waals surface area contributed by atoms with Gasteiger partial charge < -0.3 is 9.32 Å². The summed E-state index contributed by atoms with van der Waals surface area (Å²) in [6, 6.07) is 85.3. The summed E-state index contributed by atoms with van der Waals surface area (Å²) in [4.78, 5) is 2.44. The van der Waals surface area contributed by atoms with Gasteiger partial charge in [-0.05, 0) is 75.3 Å². The number of furan rings is 1. The summed E-state index contributed by atoms with van der Waals surface area (Å²) in [5, 5.41) is 4.83. The van der Waals surface area contributed by atoms with Gasteiger partial charge in [-0.1, -0.05) is 200 Å². The molecule has 12 rings (SSSR count). The van der Waals surface area contributed by atoms with Crippen LogP contribution in [0.25, 0.3) is 97.7 Å². The Kier molecular flexibility index (Phi) is 9.06. The van der Waals surface area contributed by atoms with E-state index in [1.54, 1.807) is 0 Å². The summed E-state index contributed by atoms with van der Waals surface area (Å²) in [7, 11) is 0. The van der Waals surface area contributed by atoms with Gasteiger partial charge in [0.15, 0.2) is 0 Å². The molecular weight excluding hydrogens is 783 g/mol. The lowest BCUT2D eigenvalue weighted by Gasteiger charge is -2.30. The van der Waals surface area contributed by atoms with Gasteiger partial charge in [0.1, 0.15) is 11.2 Å². The van der Waals surface area contributed by atoms with E-state index in [-0.39, 0.29) is 0 Å². The second-order valence-corrected chi connectivity index (χ2v) is 17.0. The number of anilines is 3. The van der Waals surface area contributed by atoms with Crippen molar-refractivity contribution >= 4 is 70.5 Å². The van der Waals surface area contributed by atoms with E-state index in [0.29, 0.717) is 0 Å². The van der Waals surface area contributed by atoms with E-state index in [0.717, 1.165) is 61.3 Å². The molecule has 0 spiro atoms. The van der Waals surface area contributed by atoms with Crippen LogP contribution in [-0.2, 0) is 0 Å². The molecule has 0 fully saturated rings. The maximum absolute atomic E-state index is 6.69. The van der Waals surface area contributed by atoms with Crippen molar-refractivity contribution < 1.29 is 4.42 Å². The minimum atomic E-state index is 0.883. The largest absolute Gasteiger partial charge is 0.455 e.